The zero-order valence-electron chi connectivity index (χ0n) is 8.86. The normalized spacial score (nSPS) is 20.1. The second-order valence-corrected chi connectivity index (χ2v) is 5.73. The van der Waals surface area contributed by atoms with E-state index in [2.05, 4.69) is 47.8 Å². The standard InChI is InChI=1S/C11H14N2S2/c1-8-7-12-11(15-8)13-9-3-5-10(14-2)6-4-9/h3-6,8H,7H2,1-2H3,(H,12,13). The van der Waals surface area contributed by atoms with Crippen molar-refractivity contribution >= 4 is 34.4 Å². The number of nitrogens with zero attached hydrogens (tertiary/aromatic N) is 1. The van der Waals surface area contributed by atoms with Crippen molar-refractivity contribution in [3.05, 3.63) is 24.3 Å². The molecule has 0 saturated carbocycles. The molecule has 1 N–H and O–H groups in total. The average Bonchev–Trinajstić information content (AvgIpc) is 2.65. The number of amidine groups is 1. The summed E-state index contributed by atoms with van der Waals surface area (Å²) in [5.74, 6) is 0. The largest absolute Gasteiger partial charge is 0.335 e. The summed E-state index contributed by atoms with van der Waals surface area (Å²) in [4.78, 5) is 5.70. The van der Waals surface area contributed by atoms with Crippen LogP contribution in [0.3, 0.4) is 0 Å². The van der Waals surface area contributed by atoms with E-state index in [4.69, 9.17) is 0 Å². The third-order valence-electron chi connectivity index (χ3n) is 2.15. The highest BCUT2D eigenvalue weighted by Crippen LogP contribution is 2.23. The second kappa shape index (κ2) is 4.94. The van der Waals surface area contributed by atoms with Crippen LogP contribution in [0.4, 0.5) is 5.69 Å². The van der Waals surface area contributed by atoms with Crippen molar-refractivity contribution < 1.29 is 0 Å². The molecule has 0 radical (unpaired) electrons. The lowest BCUT2D eigenvalue weighted by molar-refractivity contribution is 0.976. The Morgan fingerprint density at radius 3 is 2.67 bits per heavy atom. The molecule has 1 unspecified atom stereocenters. The molecule has 0 amide bonds. The topological polar surface area (TPSA) is 24.4 Å². The third-order valence-corrected chi connectivity index (χ3v) is 3.90. The smallest absolute Gasteiger partial charge is 0.161 e. The van der Waals surface area contributed by atoms with Crippen LogP contribution in [-0.4, -0.2) is 23.2 Å². The minimum absolute atomic E-state index is 0.609. The molecular weight excluding hydrogens is 224 g/mol. The summed E-state index contributed by atoms with van der Waals surface area (Å²) >= 11 is 3.56. The van der Waals surface area contributed by atoms with Gasteiger partial charge < -0.3 is 5.32 Å². The molecule has 1 aliphatic rings. The fraction of sp³-hybridized carbons (Fsp3) is 0.364. The maximum Gasteiger partial charge on any atom is 0.161 e. The first-order valence-electron chi connectivity index (χ1n) is 4.90. The molecule has 80 valence electrons. The molecule has 1 heterocycles. The summed E-state index contributed by atoms with van der Waals surface area (Å²) in [6.45, 7) is 3.12. The van der Waals surface area contributed by atoms with Crippen LogP contribution in [0, 0.1) is 0 Å². The SMILES string of the molecule is CSc1ccc(NC2=NCC(C)S2)cc1. The fourth-order valence-corrected chi connectivity index (χ4v) is 2.61. The van der Waals surface area contributed by atoms with E-state index in [-0.39, 0.29) is 0 Å². The number of thioether (sulfide) groups is 2. The minimum Gasteiger partial charge on any atom is -0.335 e. The highest BCUT2D eigenvalue weighted by molar-refractivity contribution is 8.15. The Bertz CT molecular complexity index is 359. The lowest BCUT2D eigenvalue weighted by atomic mass is 10.3. The van der Waals surface area contributed by atoms with Gasteiger partial charge in [0.2, 0.25) is 0 Å². The van der Waals surface area contributed by atoms with Gasteiger partial charge in [0.25, 0.3) is 0 Å². The lowest BCUT2D eigenvalue weighted by Crippen LogP contribution is -2.05. The Kier molecular flexibility index (Phi) is 3.59. The monoisotopic (exact) mass is 238 g/mol. The van der Waals surface area contributed by atoms with E-state index < -0.39 is 0 Å². The van der Waals surface area contributed by atoms with E-state index in [1.54, 1.807) is 23.5 Å². The Morgan fingerprint density at radius 1 is 1.40 bits per heavy atom. The quantitative estimate of drug-likeness (QED) is 0.800. The van der Waals surface area contributed by atoms with Gasteiger partial charge >= 0.3 is 0 Å². The van der Waals surface area contributed by atoms with Crippen LogP contribution in [0.1, 0.15) is 6.92 Å². The molecule has 0 fully saturated rings. The van der Waals surface area contributed by atoms with Crippen molar-refractivity contribution in [2.75, 3.05) is 18.1 Å². The predicted octanol–water partition coefficient (Wildman–Crippen LogP) is 3.31. The average molecular weight is 238 g/mol. The maximum absolute atomic E-state index is 4.42. The van der Waals surface area contributed by atoms with E-state index in [1.165, 1.54) is 4.90 Å². The second-order valence-electron chi connectivity index (χ2n) is 3.43. The van der Waals surface area contributed by atoms with Crippen LogP contribution in [0.15, 0.2) is 34.2 Å². The van der Waals surface area contributed by atoms with E-state index >= 15 is 0 Å². The van der Waals surface area contributed by atoms with Gasteiger partial charge in [-0.1, -0.05) is 18.7 Å². The van der Waals surface area contributed by atoms with Gasteiger partial charge in [-0.15, -0.1) is 11.8 Å². The number of benzene rings is 1. The number of aliphatic imine (C=N–C) groups is 1. The number of hydrogen-bond donors (Lipinski definition) is 1. The van der Waals surface area contributed by atoms with Crippen LogP contribution in [0.2, 0.25) is 0 Å². The molecule has 0 bridgehead atoms. The predicted molar refractivity (Wildman–Crippen MR) is 71.2 cm³/mol. The summed E-state index contributed by atoms with van der Waals surface area (Å²) in [6.07, 6.45) is 2.08. The lowest BCUT2D eigenvalue weighted by Gasteiger charge is -2.06. The highest BCUT2D eigenvalue weighted by atomic mass is 32.2. The zero-order valence-corrected chi connectivity index (χ0v) is 10.5. The van der Waals surface area contributed by atoms with Crippen LogP contribution in [-0.2, 0) is 0 Å². The van der Waals surface area contributed by atoms with Gasteiger partial charge in [0.1, 0.15) is 0 Å². The molecule has 1 aliphatic heterocycles. The third kappa shape index (κ3) is 2.92. The van der Waals surface area contributed by atoms with Crippen molar-refractivity contribution in [1.82, 2.24) is 0 Å². The van der Waals surface area contributed by atoms with E-state index in [0.717, 1.165) is 17.4 Å². The Balaban J connectivity index is 1.99. The molecule has 1 atom stereocenters. The van der Waals surface area contributed by atoms with Crippen molar-refractivity contribution in [2.24, 2.45) is 4.99 Å². The van der Waals surface area contributed by atoms with Gasteiger partial charge in [0, 0.05) is 15.8 Å². The number of nitrogens with one attached hydrogen (secondary N) is 1. The summed E-state index contributed by atoms with van der Waals surface area (Å²) in [5.41, 5.74) is 1.12. The van der Waals surface area contributed by atoms with Gasteiger partial charge in [-0.2, -0.15) is 0 Å². The minimum atomic E-state index is 0.609. The Hall–Kier alpha value is -0.610. The van der Waals surface area contributed by atoms with Crippen molar-refractivity contribution in [3.63, 3.8) is 0 Å². The van der Waals surface area contributed by atoms with Crippen molar-refractivity contribution in [1.29, 1.82) is 0 Å². The first kappa shape index (κ1) is 10.9. The first-order chi connectivity index (χ1) is 7.28. The molecule has 2 rings (SSSR count). The summed E-state index contributed by atoms with van der Waals surface area (Å²) in [7, 11) is 0. The highest BCUT2D eigenvalue weighted by Gasteiger charge is 2.14. The summed E-state index contributed by atoms with van der Waals surface area (Å²) in [6, 6.07) is 8.43. The van der Waals surface area contributed by atoms with E-state index in [9.17, 15) is 0 Å². The maximum atomic E-state index is 4.42. The van der Waals surface area contributed by atoms with Crippen LogP contribution in [0.5, 0.6) is 0 Å². The van der Waals surface area contributed by atoms with Gasteiger partial charge in [-0.3, -0.25) is 4.99 Å². The number of hydrogen-bond acceptors (Lipinski definition) is 4. The Morgan fingerprint density at radius 2 is 2.13 bits per heavy atom. The molecule has 1 aromatic carbocycles. The van der Waals surface area contributed by atoms with E-state index in [1.807, 2.05) is 0 Å². The number of rotatable bonds is 2. The molecule has 15 heavy (non-hydrogen) atoms. The molecule has 2 nitrogen and oxygen atoms in total. The summed E-state index contributed by atoms with van der Waals surface area (Å²) in [5, 5.41) is 4.98. The molecule has 0 aromatic heterocycles. The molecule has 4 heteroatoms. The van der Waals surface area contributed by atoms with Gasteiger partial charge in [-0.25, -0.2) is 0 Å². The van der Waals surface area contributed by atoms with Crippen LogP contribution >= 0.6 is 23.5 Å². The molecular formula is C11H14N2S2. The first-order valence-corrected chi connectivity index (χ1v) is 7.00. The van der Waals surface area contributed by atoms with Gasteiger partial charge in [-0.05, 0) is 30.5 Å². The van der Waals surface area contributed by atoms with Crippen molar-refractivity contribution in [2.45, 2.75) is 17.1 Å². The van der Waals surface area contributed by atoms with E-state index in [0.29, 0.717) is 5.25 Å². The Labute approximate surface area is 98.9 Å². The fourth-order valence-electron chi connectivity index (χ4n) is 1.34. The molecule has 0 aliphatic carbocycles. The van der Waals surface area contributed by atoms with Gasteiger partial charge in [0.15, 0.2) is 5.17 Å². The molecule has 0 spiro atoms. The zero-order chi connectivity index (χ0) is 10.7. The van der Waals surface area contributed by atoms with Crippen molar-refractivity contribution in [3.8, 4) is 0 Å². The number of anilines is 1. The van der Waals surface area contributed by atoms with Crippen LogP contribution in [0.25, 0.3) is 0 Å². The molecule has 0 saturated heterocycles. The van der Waals surface area contributed by atoms with Crippen LogP contribution < -0.4 is 5.32 Å². The van der Waals surface area contributed by atoms with Gasteiger partial charge in [0.05, 0.1) is 6.54 Å². The summed E-state index contributed by atoms with van der Waals surface area (Å²) < 4.78 is 0. The molecule has 1 aromatic rings.